The van der Waals surface area contributed by atoms with Gasteiger partial charge in [-0.15, -0.1) is 11.3 Å². The highest BCUT2D eigenvalue weighted by molar-refractivity contribution is 7.89. The summed E-state index contributed by atoms with van der Waals surface area (Å²) in [5, 5.41) is 13.9. The second-order valence-corrected chi connectivity index (χ2v) is 9.19. The van der Waals surface area contributed by atoms with Crippen LogP contribution in [0.1, 0.15) is 29.8 Å². The fourth-order valence-corrected chi connectivity index (χ4v) is 5.25. The minimum Gasteiger partial charge on any atom is -0.373 e. The van der Waals surface area contributed by atoms with Crippen molar-refractivity contribution in [3.8, 4) is 6.07 Å². The average Bonchev–Trinajstić information content (AvgIpc) is 3.08. The van der Waals surface area contributed by atoms with Gasteiger partial charge in [-0.25, -0.2) is 8.42 Å². The Balaban J connectivity index is 1.76. The predicted molar refractivity (Wildman–Crippen MR) is 102 cm³/mol. The maximum absolute atomic E-state index is 12.8. The Kier molecular flexibility index (Phi) is 5.62. The van der Waals surface area contributed by atoms with Crippen molar-refractivity contribution in [1.82, 2.24) is 4.31 Å². The molecular weight excluding hydrogens is 386 g/mol. The van der Waals surface area contributed by atoms with Gasteiger partial charge < -0.3 is 10.1 Å². The van der Waals surface area contributed by atoms with Crippen LogP contribution in [0.5, 0.6) is 0 Å². The summed E-state index contributed by atoms with van der Waals surface area (Å²) < 4.78 is 32.7. The zero-order valence-electron chi connectivity index (χ0n) is 14.9. The van der Waals surface area contributed by atoms with E-state index in [0.717, 1.165) is 0 Å². The molecule has 0 saturated carbocycles. The molecule has 1 N–H and O–H groups in total. The van der Waals surface area contributed by atoms with Crippen molar-refractivity contribution in [2.45, 2.75) is 31.0 Å². The van der Waals surface area contributed by atoms with Crippen LogP contribution in [0.25, 0.3) is 0 Å². The average molecular weight is 406 g/mol. The van der Waals surface area contributed by atoms with Crippen molar-refractivity contribution >= 4 is 32.3 Å². The molecule has 1 aromatic heterocycles. The van der Waals surface area contributed by atoms with Gasteiger partial charge in [0.2, 0.25) is 10.0 Å². The van der Waals surface area contributed by atoms with Crippen molar-refractivity contribution < 1.29 is 17.9 Å². The van der Waals surface area contributed by atoms with E-state index in [1.165, 1.54) is 39.9 Å². The number of ether oxygens (including phenoxy) is 1. The summed E-state index contributed by atoms with van der Waals surface area (Å²) in [6.07, 6.45) is -0.345. The van der Waals surface area contributed by atoms with Gasteiger partial charge in [-0.3, -0.25) is 4.79 Å². The number of carbonyl (C=O) groups excluding carboxylic acids is 1. The van der Waals surface area contributed by atoms with E-state index in [4.69, 9.17) is 10.00 Å². The molecule has 2 heterocycles. The molecule has 0 bridgehead atoms. The minimum atomic E-state index is -3.65. The van der Waals surface area contributed by atoms with Crippen LogP contribution in [0.15, 0.2) is 40.6 Å². The highest BCUT2D eigenvalue weighted by Gasteiger charge is 2.32. The van der Waals surface area contributed by atoms with Crippen LogP contribution in [-0.2, 0) is 14.8 Å². The zero-order chi connectivity index (χ0) is 19.6. The van der Waals surface area contributed by atoms with E-state index in [9.17, 15) is 13.2 Å². The molecule has 7 nitrogen and oxygen atoms in total. The Bertz CT molecular complexity index is 967. The summed E-state index contributed by atoms with van der Waals surface area (Å²) in [5.41, 5.74) is 0.707. The Labute approximate surface area is 162 Å². The molecule has 0 spiro atoms. The van der Waals surface area contributed by atoms with Crippen LogP contribution in [0.3, 0.4) is 0 Å². The fraction of sp³-hybridized carbons (Fsp3) is 0.333. The second kappa shape index (κ2) is 7.78. The lowest BCUT2D eigenvalue weighted by Crippen LogP contribution is -2.48. The molecule has 1 amide bonds. The van der Waals surface area contributed by atoms with Crippen molar-refractivity contribution in [3.05, 3.63) is 46.8 Å². The van der Waals surface area contributed by atoms with Crippen molar-refractivity contribution in [2.24, 2.45) is 0 Å². The third-order valence-corrected chi connectivity index (χ3v) is 6.83. The van der Waals surface area contributed by atoms with Gasteiger partial charge in [0, 0.05) is 18.7 Å². The Morgan fingerprint density at radius 3 is 2.44 bits per heavy atom. The van der Waals surface area contributed by atoms with Crippen LogP contribution < -0.4 is 5.32 Å². The number of nitriles is 1. The Hall–Kier alpha value is -2.25. The predicted octanol–water partition coefficient (Wildman–Crippen LogP) is 2.67. The number of carbonyl (C=O) groups is 1. The Morgan fingerprint density at radius 2 is 1.85 bits per heavy atom. The summed E-state index contributed by atoms with van der Waals surface area (Å²) in [5.74, 6) is -0.397. The van der Waals surface area contributed by atoms with Gasteiger partial charge in [0.25, 0.3) is 5.91 Å². The van der Waals surface area contributed by atoms with E-state index in [-0.39, 0.29) is 17.1 Å². The minimum absolute atomic E-state index is 0.134. The van der Waals surface area contributed by atoms with Crippen LogP contribution in [0, 0.1) is 11.3 Å². The molecule has 0 unspecified atom stereocenters. The summed E-state index contributed by atoms with van der Waals surface area (Å²) in [7, 11) is -3.65. The molecule has 27 heavy (non-hydrogen) atoms. The van der Waals surface area contributed by atoms with Gasteiger partial charge in [-0.1, -0.05) is 0 Å². The number of hydrogen-bond donors (Lipinski definition) is 1. The second-order valence-electron chi connectivity index (χ2n) is 6.33. The molecule has 1 aliphatic rings. The number of hydrogen-bond acceptors (Lipinski definition) is 6. The van der Waals surface area contributed by atoms with Gasteiger partial charge in [0.05, 0.1) is 22.7 Å². The van der Waals surface area contributed by atoms with Gasteiger partial charge >= 0.3 is 0 Å². The van der Waals surface area contributed by atoms with Crippen LogP contribution in [0.2, 0.25) is 0 Å². The number of nitrogens with zero attached hydrogens (tertiary/aromatic N) is 2. The normalized spacial score (nSPS) is 20.8. The van der Waals surface area contributed by atoms with Crippen molar-refractivity contribution in [1.29, 1.82) is 5.26 Å². The summed E-state index contributed by atoms with van der Waals surface area (Å²) in [4.78, 5) is 12.5. The number of sulfonamides is 1. The largest absolute Gasteiger partial charge is 0.373 e. The highest BCUT2D eigenvalue weighted by atomic mass is 32.2. The summed E-state index contributed by atoms with van der Waals surface area (Å²) >= 11 is 1.25. The number of benzene rings is 1. The van der Waals surface area contributed by atoms with E-state index in [2.05, 4.69) is 5.32 Å². The maximum atomic E-state index is 12.8. The van der Waals surface area contributed by atoms with Gasteiger partial charge in [0.1, 0.15) is 11.1 Å². The first-order valence-corrected chi connectivity index (χ1v) is 10.7. The lowest BCUT2D eigenvalue weighted by molar-refractivity contribution is -0.0440. The van der Waals surface area contributed by atoms with E-state index >= 15 is 0 Å². The standard InChI is InChI=1S/C18H19N3O4S2/c1-12-10-21(11-13(2)25-12)27(23,24)16-5-3-14(4-6-16)17(22)20-18-15(9-19)7-8-26-18/h3-8,12-13H,10-11H2,1-2H3,(H,20,22)/t12-,13-/m0/s1. The fourth-order valence-electron chi connectivity index (χ4n) is 2.92. The molecule has 1 aliphatic heterocycles. The zero-order valence-corrected chi connectivity index (χ0v) is 16.5. The quantitative estimate of drug-likeness (QED) is 0.843. The number of morpholine rings is 1. The van der Waals surface area contributed by atoms with Crippen molar-refractivity contribution in [2.75, 3.05) is 18.4 Å². The third kappa shape index (κ3) is 4.20. The molecule has 1 fully saturated rings. The number of amides is 1. The number of nitrogens with one attached hydrogen (secondary N) is 1. The van der Waals surface area contributed by atoms with Gasteiger partial charge in [-0.05, 0) is 49.6 Å². The first kappa shape index (κ1) is 19.5. The van der Waals surface area contributed by atoms with Crippen LogP contribution in [-0.4, -0.2) is 43.9 Å². The molecule has 0 aliphatic carbocycles. The molecule has 1 saturated heterocycles. The monoisotopic (exact) mass is 405 g/mol. The molecule has 2 aromatic rings. The topological polar surface area (TPSA) is 99.5 Å². The SMILES string of the molecule is C[C@H]1CN(S(=O)(=O)c2ccc(C(=O)Nc3sccc3C#N)cc2)C[C@H](C)O1. The molecule has 2 atom stereocenters. The molecule has 9 heteroatoms. The number of rotatable bonds is 4. The van der Waals surface area contributed by atoms with Gasteiger partial charge in [0.15, 0.2) is 0 Å². The van der Waals surface area contributed by atoms with Crippen LogP contribution >= 0.6 is 11.3 Å². The number of anilines is 1. The third-order valence-electron chi connectivity index (χ3n) is 4.15. The van der Waals surface area contributed by atoms with E-state index < -0.39 is 15.9 Å². The molecule has 1 aromatic carbocycles. The van der Waals surface area contributed by atoms with Gasteiger partial charge in [-0.2, -0.15) is 9.57 Å². The molecule has 0 radical (unpaired) electrons. The molecular formula is C18H19N3O4S2. The lowest BCUT2D eigenvalue weighted by Gasteiger charge is -2.34. The van der Waals surface area contributed by atoms with Crippen LogP contribution in [0.4, 0.5) is 5.00 Å². The smallest absolute Gasteiger partial charge is 0.256 e. The van der Waals surface area contributed by atoms with E-state index in [1.807, 2.05) is 19.9 Å². The van der Waals surface area contributed by atoms with E-state index in [1.54, 1.807) is 11.4 Å². The maximum Gasteiger partial charge on any atom is 0.256 e. The Morgan fingerprint density at radius 1 is 1.22 bits per heavy atom. The summed E-state index contributed by atoms with van der Waals surface area (Å²) in [6.45, 7) is 4.27. The van der Waals surface area contributed by atoms with E-state index in [0.29, 0.717) is 29.2 Å². The molecule has 142 valence electrons. The number of thiophene rings is 1. The van der Waals surface area contributed by atoms with Crippen molar-refractivity contribution in [3.63, 3.8) is 0 Å². The lowest BCUT2D eigenvalue weighted by atomic mass is 10.2. The summed E-state index contributed by atoms with van der Waals surface area (Å²) in [6, 6.07) is 9.42. The first-order valence-electron chi connectivity index (χ1n) is 8.36. The highest BCUT2D eigenvalue weighted by Crippen LogP contribution is 2.24. The first-order chi connectivity index (χ1) is 12.8. The molecule has 3 rings (SSSR count).